The quantitative estimate of drug-likeness (QED) is 0.462. The maximum absolute atomic E-state index is 6.28. The molecule has 0 aliphatic carbocycles. The number of hydrogen-bond donors (Lipinski definition) is 2. The van der Waals surface area contributed by atoms with Gasteiger partial charge < -0.3 is 14.7 Å². The first-order chi connectivity index (χ1) is 14.7. The van der Waals surface area contributed by atoms with Crippen LogP contribution in [0.4, 0.5) is 17.6 Å². The van der Waals surface area contributed by atoms with Gasteiger partial charge in [-0.1, -0.05) is 16.8 Å². The van der Waals surface area contributed by atoms with Crippen LogP contribution in [0.15, 0.2) is 41.2 Å². The molecule has 4 aromatic heterocycles. The van der Waals surface area contributed by atoms with Gasteiger partial charge in [0.05, 0.1) is 6.04 Å². The lowest BCUT2D eigenvalue weighted by atomic mass is 10.1. The number of rotatable bonds is 5. The highest BCUT2D eigenvalue weighted by atomic mass is 35.5. The van der Waals surface area contributed by atoms with E-state index in [0.29, 0.717) is 34.3 Å². The zero-order chi connectivity index (χ0) is 20.5. The molecule has 5 rings (SSSR count). The Balaban J connectivity index is 1.42. The van der Waals surface area contributed by atoms with Crippen LogP contribution in [0.5, 0.6) is 0 Å². The van der Waals surface area contributed by atoms with Crippen LogP contribution in [0, 0.1) is 6.92 Å². The monoisotopic (exact) mass is 423 g/mol. The van der Waals surface area contributed by atoms with Gasteiger partial charge in [0.15, 0.2) is 23.1 Å². The van der Waals surface area contributed by atoms with Gasteiger partial charge in [0.2, 0.25) is 5.95 Å². The number of anilines is 3. The van der Waals surface area contributed by atoms with Crippen molar-refractivity contribution in [2.24, 2.45) is 0 Å². The summed E-state index contributed by atoms with van der Waals surface area (Å²) in [7, 11) is 0. The first-order valence-corrected chi connectivity index (χ1v) is 9.88. The van der Waals surface area contributed by atoms with Crippen molar-refractivity contribution in [1.82, 2.24) is 35.3 Å². The third kappa shape index (κ3) is 3.69. The van der Waals surface area contributed by atoms with Crippen molar-refractivity contribution in [1.29, 1.82) is 0 Å². The Morgan fingerprint density at radius 2 is 2.03 bits per heavy atom. The minimum absolute atomic E-state index is 0.0473. The molecule has 1 atom stereocenters. The van der Waals surface area contributed by atoms with E-state index >= 15 is 0 Å². The van der Waals surface area contributed by atoms with Gasteiger partial charge in [-0.05, 0) is 25.8 Å². The fraction of sp³-hybridized carbons (Fsp3) is 0.263. The average molecular weight is 424 g/mol. The highest BCUT2D eigenvalue weighted by Crippen LogP contribution is 2.36. The van der Waals surface area contributed by atoms with E-state index in [4.69, 9.17) is 16.1 Å². The van der Waals surface area contributed by atoms with Crippen LogP contribution in [0.1, 0.15) is 30.3 Å². The SMILES string of the molecule is Cc1cc(Nc2cc(Cl)nc(N3CCCC3c3cc(-c4ncccn4)no3)n2)n[nH]1. The first-order valence-electron chi connectivity index (χ1n) is 9.50. The van der Waals surface area contributed by atoms with E-state index in [1.54, 1.807) is 24.5 Å². The second kappa shape index (κ2) is 7.71. The average Bonchev–Trinajstić information content (AvgIpc) is 3.48. The molecule has 4 aromatic rings. The molecule has 0 spiro atoms. The van der Waals surface area contributed by atoms with Crippen molar-refractivity contribution in [3.63, 3.8) is 0 Å². The molecule has 1 aliphatic heterocycles. The van der Waals surface area contributed by atoms with Crippen molar-refractivity contribution in [2.45, 2.75) is 25.8 Å². The van der Waals surface area contributed by atoms with E-state index in [0.717, 1.165) is 30.8 Å². The zero-order valence-corrected chi connectivity index (χ0v) is 16.8. The lowest BCUT2D eigenvalue weighted by Crippen LogP contribution is -2.24. The number of aromatic amines is 1. The highest BCUT2D eigenvalue weighted by molar-refractivity contribution is 6.29. The Hall–Kier alpha value is -3.53. The predicted molar refractivity (Wildman–Crippen MR) is 110 cm³/mol. The van der Waals surface area contributed by atoms with Crippen LogP contribution in [0.3, 0.4) is 0 Å². The summed E-state index contributed by atoms with van der Waals surface area (Å²) in [5.74, 6) is 2.99. The number of aryl methyl sites for hydroxylation is 1. The molecule has 0 radical (unpaired) electrons. The molecule has 1 aliphatic rings. The van der Waals surface area contributed by atoms with E-state index in [9.17, 15) is 0 Å². The molecule has 1 unspecified atom stereocenters. The topological polar surface area (TPSA) is 122 Å². The van der Waals surface area contributed by atoms with Crippen molar-refractivity contribution in [3.8, 4) is 11.5 Å². The summed E-state index contributed by atoms with van der Waals surface area (Å²) in [5.41, 5.74) is 1.54. The maximum atomic E-state index is 6.28. The molecule has 0 amide bonds. The third-order valence-electron chi connectivity index (χ3n) is 4.81. The van der Waals surface area contributed by atoms with Crippen molar-refractivity contribution < 1.29 is 4.52 Å². The molecule has 2 N–H and O–H groups in total. The molecule has 0 saturated carbocycles. The predicted octanol–water partition coefficient (Wildman–Crippen LogP) is 3.69. The van der Waals surface area contributed by atoms with E-state index in [2.05, 4.69) is 45.5 Å². The van der Waals surface area contributed by atoms with Gasteiger partial charge in [0.25, 0.3) is 0 Å². The standard InChI is InChI=1S/C19H18ClN9O/c1-11-8-17(27-26-11)24-16-10-15(20)23-19(25-16)29-7-2-4-13(29)14-9-12(28-30-14)18-21-5-3-6-22-18/h3,5-6,8-10,13H,2,4,7H2,1H3,(H2,23,24,25,26,27). The highest BCUT2D eigenvalue weighted by Gasteiger charge is 2.32. The van der Waals surface area contributed by atoms with E-state index in [-0.39, 0.29) is 6.04 Å². The minimum Gasteiger partial charge on any atom is -0.358 e. The molecular weight excluding hydrogens is 406 g/mol. The van der Waals surface area contributed by atoms with Gasteiger partial charge >= 0.3 is 0 Å². The van der Waals surface area contributed by atoms with Crippen LogP contribution in [0.25, 0.3) is 11.5 Å². The molecule has 152 valence electrons. The van der Waals surface area contributed by atoms with Gasteiger partial charge in [-0.2, -0.15) is 10.1 Å². The Kier molecular flexibility index (Phi) is 4.75. The molecule has 11 heteroatoms. The number of nitrogens with zero attached hydrogens (tertiary/aromatic N) is 7. The number of nitrogens with one attached hydrogen (secondary N) is 2. The number of aromatic nitrogens is 7. The number of hydrogen-bond acceptors (Lipinski definition) is 9. The fourth-order valence-electron chi connectivity index (χ4n) is 3.50. The van der Waals surface area contributed by atoms with Gasteiger partial charge in [0, 0.05) is 42.8 Å². The Morgan fingerprint density at radius 3 is 2.83 bits per heavy atom. The Labute approximate surface area is 176 Å². The summed E-state index contributed by atoms with van der Waals surface area (Å²) in [5, 5.41) is 14.7. The summed E-state index contributed by atoms with van der Waals surface area (Å²) in [4.78, 5) is 19.6. The summed E-state index contributed by atoms with van der Waals surface area (Å²) < 4.78 is 5.62. The smallest absolute Gasteiger partial charge is 0.229 e. The molecule has 1 fully saturated rings. The van der Waals surface area contributed by atoms with Crippen molar-refractivity contribution in [2.75, 3.05) is 16.8 Å². The Morgan fingerprint density at radius 1 is 1.17 bits per heavy atom. The van der Waals surface area contributed by atoms with Crippen LogP contribution < -0.4 is 10.2 Å². The van der Waals surface area contributed by atoms with Crippen LogP contribution in [-0.2, 0) is 0 Å². The van der Waals surface area contributed by atoms with Crippen molar-refractivity contribution in [3.05, 3.63) is 53.3 Å². The van der Waals surface area contributed by atoms with Gasteiger partial charge in [-0.25, -0.2) is 15.0 Å². The van der Waals surface area contributed by atoms with Crippen molar-refractivity contribution >= 4 is 29.2 Å². The number of H-pyrrole nitrogens is 1. The van der Waals surface area contributed by atoms with Crippen LogP contribution in [0.2, 0.25) is 5.15 Å². The normalized spacial score (nSPS) is 16.2. The van der Waals surface area contributed by atoms with E-state index in [1.807, 2.05) is 19.1 Å². The molecule has 30 heavy (non-hydrogen) atoms. The molecule has 10 nitrogen and oxygen atoms in total. The first kappa shape index (κ1) is 18.5. The van der Waals surface area contributed by atoms with Gasteiger partial charge in [-0.15, -0.1) is 0 Å². The molecule has 0 aromatic carbocycles. The lowest BCUT2D eigenvalue weighted by molar-refractivity contribution is 0.362. The zero-order valence-electron chi connectivity index (χ0n) is 16.1. The molecule has 5 heterocycles. The summed E-state index contributed by atoms with van der Waals surface area (Å²) in [6, 6.07) is 7.13. The maximum Gasteiger partial charge on any atom is 0.229 e. The fourth-order valence-corrected chi connectivity index (χ4v) is 3.68. The third-order valence-corrected chi connectivity index (χ3v) is 5.00. The molecular formula is C19H18ClN9O. The minimum atomic E-state index is -0.0473. The second-order valence-corrected chi connectivity index (χ2v) is 7.36. The summed E-state index contributed by atoms with van der Waals surface area (Å²) >= 11 is 6.28. The second-order valence-electron chi connectivity index (χ2n) is 6.98. The van der Waals surface area contributed by atoms with Crippen LogP contribution >= 0.6 is 11.6 Å². The molecule has 1 saturated heterocycles. The summed E-state index contributed by atoms with van der Waals surface area (Å²) in [6.07, 6.45) is 5.21. The van der Waals surface area contributed by atoms with Crippen LogP contribution in [-0.4, -0.2) is 41.8 Å². The van der Waals surface area contributed by atoms with Gasteiger partial charge in [-0.3, -0.25) is 5.10 Å². The number of halogens is 1. The lowest BCUT2D eigenvalue weighted by Gasteiger charge is -2.23. The molecule has 0 bridgehead atoms. The van der Waals surface area contributed by atoms with E-state index < -0.39 is 0 Å². The summed E-state index contributed by atoms with van der Waals surface area (Å²) in [6.45, 7) is 2.71. The largest absolute Gasteiger partial charge is 0.358 e. The Bertz CT molecular complexity index is 1160. The van der Waals surface area contributed by atoms with Gasteiger partial charge in [0.1, 0.15) is 11.0 Å². The van der Waals surface area contributed by atoms with E-state index in [1.165, 1.54) is 0 Å².